The molecule has 688 valence electrons. The van der Waals surface area contributed by atoms with Crippen molar-refractivity contribution in [2.45, 2.75) is 0 Å². The van der Waals surface area contributed by atoms with Crippen molar-refractivity contribution in [2.75, 3.05) is 0 Å². The molecule has 0 bridgehead atoms. The number of aryl methyl sites for hydroxylation is 4. The smallest absolute Gasteiger partial charge is 0.0785 e. The quantitative estimate of drug-likeness (QED) is 0.153. The second-order valence-corrected chi connectivity index (χ2v) is 37.6. The van der Waals surface area contributed by atoms with Crippen LogP contribution in [0.3, 0.4) is 0 Å². The Labute approximate surface area is 838 Å². The summed E-state index contributed by atoms with van der Waals surface area (Å²) in [7, 11) is 8.61. The maximum Gasteiger partial charge on any atom is 0.0785 e. The van der Waals surface area contributed by atoms with Crippen LogP contribution >= 0.6 is 0 Å². The van der Waals surface area contributed by atoms with Gasteiger partial charge >= 0.3 is 0 Å². The minimum Gasteiger partial charge on any atom is -0.344 e. The molecule has 0 fully saturated rings. The zero-order valence-corrected chi connectivity index (χ0v) is 80.8. The van der Waals surface area contributed by atoms with Gasteiger partial charge in [0.1, 0.15) is 0 Å². The fourth-order valence-electron chi connectivity index (χ4n) is 22.9. The SMILES string of the molecule is Cn1c2ccccc2c2cc(-c3ccccc3)ccc21.Cn1c2ccccc2c2cc(-n3c4ccccc4c4ccccc43)ccc21.Cn1c2ccccc2c2cc3c(cc21)c1ccccc1n3-c1ccccc1.Cn1c2ccccc2c2ccc3c4ccccc4n(-c4ccccc4)c3c21.c1ccc(-c2ccc(-n3c4ccccc4c4ccccc43)cc2)cc1.c1ccc(-n2c3ccccc3c3ccccc32)cc1. The van der Waals surface area contributed by atoms with Crippen LogP contribution in [0, 0.1) is 0 Å². The second kappa shape index (κ2) is 36.4. The summed E-state index contributed by atoms with van der Waals surface area (Å²) in [5.41, 5.74) is 33.8. The summed E-state index contributed by atoms with van der Waals surface area (Å²) in [6, 6.07) is 188. The van der Waals surface area contributed by atoms with Gasteiger partial charge in [-0.2, -0.15) is 0 Å². The molecule has 0 aliphatic heterocycles. The van der Waals surface area contributed by atoms with Gasteiger partial charge in [-0.05, 0) is 186 Å². The average Bonchev–Trinajstić information content (AvgIpc) is 1.55. The first-order valence-corrected chi connectivity index (χ1v) is 49.8. The summed E-state index contributed by atoms with van der Waals surface area (Å²) < 4.78 is 21.0. The lowest BCUT2D eigenvalue weighted by Gasteiger charge is -2.09. The van der Waals surface area contributed by atoms with Crippen LogP contribution in [0.4, 0.5) is 0 Å². The number of hydrogen-bond acceptors (Lipinski definition) is 0. The molecule has 0 amide bonds. The molecule has 31 rings (SSSR count). The van der Waals surface area contributed by atoms with Gasteiger partial charge < -0.3 is 41.1 Å². The fraction of sp³-hybridized carbons (Fsp3) is 0.0294. The fourth-order valence-corrected chi connectivity index (χ4v) is 22.9. The lowest BCUT2D eigenvalue weighted by atomic mass is 10.0. The molecule has 0 aliphatic carbocycles. The Morgan fingerprint density at radius 2 is 0.310 bits per heavy atom. The Balaban J connectivity index is 0.0000000890. The van der Waals surface area contributed by atoms with Gasteiger partial charge in [-0.15, -0.1) is 0 Å². The summed E-state index contributed by atoms with van der Waals surface area (Å²) in [6.07, 6.45) is 0. The Morgan fingerprint density at radius 1 is 0.103 bits per heavy atom. The predicted octanol–water partition coefficient (Wildman–Crippen LogP) is 35.5. The first kappa shape index (κ1) is 86.4. The van der Waals surface area contributed by atoms with Crippen LogP contribution < -0.4 is 0 Å². The Bertz CT molecular complexity index is 10200. The molecular formula is C136H99N9. The topological polar surface area (TPSA) is 44.4 Å². The maximum absolute atomic E-state index is 2.41. The molecule has 145 heavy (non-hydrogen) atoms. The number of hydrogen-bond donors (Lipinski definition) is 0. The minimum absolute atomic E-state index is 1.19. The minimum atomic E-state index is 1.19. The highest BCUT2D eigenvalue weighted by Gasteiger charge is 2.23. The van der Waals surface area contributed by atoms with Crippen molar-refractivity contribution in [1.29, 1.82) is 0 Å². The monoisotopic (exact) mass is 1860 g/mol. The molecule has 0 N–H and O–H groups in total. The van der Waals surface area contributed by atoms with E-state index >= 15 is 0 Å². The zero-order valence-electron chi connectivity index (χ0n) is 80.8. The lowest BCUT2D eigenvalue weighted by molar-refractivity contribution is 1.01. The van der Waals surface area contributed by atoms with Gasteiger partial charge in [0, 0.05) is 192 Å². The van der Waals surface area contributed by atoms with Gasteiger partial charge in [-0.3, -0.25) is 0 Å². The van der Waals surface area contributed by atoms with Crippen LogP contribution in [0.25, 0.3) is 247 Å². The molecular weight excluding hydrogens is 1760 g/mol. The Morgan fingerprint density at radius 3 is 0.697 bits per heavy atom. The van der Waals surface area contributed by atoms with Crippen molar-refractivity contribution in [3.63, 3.8) is 0 Å². The van der Waals surface area contributed by atoms with E-state index in [1.54, 1.807) is 0 Å². The third-order valence-corrected chi connectivity index (χ3v) is 29.6. The van der Waals surface area contributed by atoms with E-state index < -0.39 is 0 Å². The molecule has 9 heterocycles. The highest BCUT2D eigenvalue weighted by atomic mass is 15.0. The van der Waals surface area contributed by atoms with Crippen LogP contribution in [-0.2, 0) is 28.2 Å². The van der Waals surface area contributed by atoms with E-state index in [0.717, 1.165) is 0 Å². The van der Waals surface area contributed by atoms with Gasteiger partial charge in [0.05, 0.1) is 60.7 Å². The Kier molecular flexibility index (Phi) is 21.7. The van der Waals surface area contributed by atoms with Crippen molar-refractivity contribution in [1.82, 2.24) is 41.1 Å². The molecule has 22 aromatic carbocycles. The second-order valence-electron chi connectivity index (χ2n) is 37.6. The van der Waals surface area contributed by atoms with Gasteiger partial charge in [0.2, 0.25) is 0 Å². The standard InChI is InChI=1S/3C25H18N2.C24H17N.C19H15N.C18H13N/c1-26-22-11-5-2-10-20(22)21-16-17(14-15-23(21)26)27-24-12-6-3-8-18(24)19-9-4-7-13-25(19)27;1-26-22-13-7-5-11-18(22)20-16-25-21(15-24(20)26)19-12-6-8-14-23(19)27(25)17-9-3-2-4-10-17;1-26-22-13-7-5-11-18(22)20-15-16-21-19-12-6-8-14-23(19)27(25(21)24(20)26)17-9-3-2-4-10-17;1-2-8-18(9-3-1)19-14-16-20(17-15-19)25-23-12-6-4-10-21(23)22-11-5-7-13-24(22)25;1-20-18-10-6-5-9-16(18)17-13-15(11-12-19(17)20)14-7-3-2-4-8-14;1-2-8-14(9-3-1)19-17-12-6-4-10-15(17)16-11-5-7-13-18(16)19/h3*2-16H,1H3;1-17H;2-13H,1H3;1-13H. The number of aromatic nitrogens is 9. The van der Waals surface area contributed by atoms with Gasteiger partial charge in [-0.1, -0.05) is 364 Å². The molecule has 0 saturated heterocycles. The first-order chi connectivity index (χ1) is 71.7. The van der Waals surface area contributed by atoms with E-state index in [4.69, 9.17) is 0 Å². The molecule has 0 spiro atoms. The number of nitrogens with zero attached hydrogens (tertiary/aromatic N) is 9. The van der Waals surface area contributed by atoms with E-state index in [0.29, 0.717) is 0 Å². The van der Waals surface area contributed by atoms with E-state index in [2.05, 4.69) is 597 Å². The summed E-state index contributed by atoms with van der Waals surface area (Å²) >= 11 is 0. The van der Waals surface area contributed by atoms with Crippen LogP contribution in [-0.4, -0.2) is 41.1 Å². The van der Waals surface area contributed by atoms with Gasteiger partial charge in [0.25, 0.3) is 0 Å². The molecule has 0 aliphatic rings. The first-order valence-electron chi connectivity index (χ1n) is 49.8. The number of benzene rings is 22. The van der Waals surface area contributed by atoms with Crippen molar-refractivity contribution < 1.29 is 0 Å². The molecule has 0 unspecified atom stereocenters. The maximum atomic E-state index is 2.41. The number of fused-ring (bicyclic) bond motifs is 28. The highest BCUT2D eigenvalue weighted by Crippen LogP contribution is 2.45. The van der Waals surface area contributed by atoms with E-state index in [-0.39, 0.29) is 0 Å². The number of para-hydroxylation sites is 15. The summed E-state index contributed by atoms with van der Waals surface area (Å²) in [6.45, 7) is 0. The lowest BCUT2D eigenvalue weighted by Crippen LogP contribution is -1.96. The Hall–Kier alpha value is -19.0. The largest absolute Gasteiger partial charge is 0.344 e. The van der Waals surface area contributed by atoms with Crippen molar-refractivity contribution >= 4 is 196 Å². The molecule has 9 nitrogen and oxygen atoms in total. The molecule has 31 aromatic rings. The summed E-state index contributed by atoms with van der Waals surface area (Å²) in [5.74, 6) is 0. The molecule has 0 saturated carbocycles. The van der Waals surface area contributed by atoms with E-state index in [1.165, 1.54) is 247 Å². The van der Waals surface area contributed by atoms with Gasteiger partial charge in [0.15, 0.2) is 0 Å². The van der Waals surface area contributed by atoms with Crippen LogP contribution in [0.1, 0.15) is 0 Å². The summed E-state index contributed by atoms with van der Waals surface area (Å²) in [5, 5.41) is 23.5. The van der Waals surface area contributed by atoms with Gasteiger partial charge in [-0.25, -0.2) is 0 Å². The van der Waals surface area contributed by atoms with Crippen molar-refractivity contribution in [2.24, 2.45) is 28.2 Å². The third-order valence-electron chi connectivity index (χ3n) is 29.6. The molecule has 0 radical (unpaired) electrons. The highest BCUT2D eigenvalue weighted by molar-refractivity contribution is 6.24. The number of rotatable bonds is 7. The normalized spacial score (nSPS) is 11.6. The summed E-state index contributed by atoms with van der Waals surface area (Å²) in [4.78, 5) is 0. The van der Waals surface area contributed by atoms with E-state index in [9.17, 15) is 0 Å². The van der Waals surface area contributed by atoms with Crippen molar-refractivity contribution in [3.8, 4) is 50.7 Å². The predicted molar refractivity (Wildman–Crippen MR) is 617 cm³/mol. The van der Waals surface area contributed by atoms with Crippen LogP contribution in [0.5, 0.6) is 0 Å². The third kappa shape index (κ3) is 14.8. The average molecular weight is 1860 g/mol. The molecule has 9 heteroatoms. The van der Waals surface area contributed by atoms with E-state index in [1.807, 2.05) is 0 Å². The molecule has 0 atom stereocenters. The molecule has 9 aromatic heterocycles. The van der Waals surface area contributed by atoms with Crippen LogP contribution in [0.15, 0.2) is 528 Å². The zero-order chi connectivity index (χ0) is 96.7. The van der Waals surface area contributed by atoms with Crippen LogP contribution in [0.2, 0.25) is 0 Å². The van der Waals surface area contributed by atoms with Crippen molar-refractivity contribution in [3.05, 3.63) is 528 Å².